The Balaban J connectivity index is 1.86. The second-order valence-corrected chi connectivity index (χ2v) is 9.65. The molecular formula is C31H24F9NO2. The van der Waals surface area contributed by atoms with Gasteiger partial charge in [0.25, 0.3) is 0 Å². The molecule has 1 N–H and O–H groups in total. The first kappa shape index (κ1) is 31.7. The van der Waals surface area contributed by atoms with Gasteiger partial charge in [0.2, 0.25) is 0 Å². The van der Waals surface area contributed by atoms with Crippen LogP contribution in [-0.4, -0.2) is 19.3 Å². The van der Waals surface area contributed by atoms with Crippen LogP contribution in [0.3, 0.4) is 0 Å². The number of rotatable bonds is 10. The van der Waals surface area contributed by atoms with Gasteiger partial charge in [-0.2, -0.15) is 13.2 Å². The first-order chi connectivity index (χ1) is 20.1. The third-order valence-electron chi connectivity index (χ3n) is 6.65. The lowest BCUT2D eigenvalue weighted by atomic mass is 9.70. The monoisotopic (exact) mass is 613 g/mol. The van der Waals surface area contributed by atoms with Gasteiger partial charge in [-0.3, -0.25) is 0 Å². The van der Waals surface area contributed by atoms with Gasteiger partial charge in [0.05, 0.1) is 5.56 Å². The molecule has 0 heterocycles. The maximum absolute atomic E-state index is 13.6. The summed E-state index contributed by atoms with van der Waals surface area (Å²) in [5.41, 5.74) is -1.31. The Morgan fingerprint density at radius 2 is 1.07 bits per heavy atom. The Kier molecular flexibility index (Phi) is 9.29. The molecule has 0 bridgehead atoms. The lowest BCUT2D eigenvalue weighted by Crippen LogP contribution is -2.41. The molecule has 0 aliphatic carbocycles. The minimum atomic E-state index is -5.03. The van der Waals surface area contributed by atoms with Crippen molar-refractivity contribution in [3.8, 4) is 11.5 Å². The molecule has 0 aliphatic rings. The third-order valence-corrected chi connectivity index (χ3v) is 6.65. The standard InChI is InChI=1S/C31H24F9NO2/c32-29(33,34)27-15-5-4-10-22(27)19-41-20-28(18-21-8-2-1-3-9-21,23-11-6-13-25(16-23)42-30(35,36)37)24-12-7-14-26(17-24)43-31(38,39)40/h1-17,41H,18-20H2. The normalized spacial score (nSPS) is 12.7. The van der Waals surface area contributed by atoms with E-state index < -0.39 is 41.4 Å². The fourth-order valence-corrected chi connectivity index (χ4v) is 4.93. The van der Waals surface area contributed by atoms with Gasteiger partial charge in [-0.05, 0) is 59.0 Å². The molecule has 0 saturated heterocycles. The van der Waals surface area contributed by atoms with Crippen molar-refractivity contribution in [1.29, 1.82) is 0 Å². The van der Waals surface area contributed by atoms with E-state index in [0.29, 0.717) is 5.56 Å². The van der Waals surface area contributed by atoms with Crippen molar-refractivity contribution in [2.45, 2.75) is 37.3 Å². The molecule has 0 radical (unpaired) electrons. The fourth-order valence-electron chi connectivity index (χ4n) is 4.93. The molecule has 0 unspecified atom stereocenters. The summed E-state index contributed by atoms with van der Waals surface area (Å²) in [5.74, 6) is -1.15. The molecule has 0 atom stereocenters. The third kappa shape index (κ3) is 8.66. The summed E-state index contributed by atoms with van der Waals surface area (Å²) in [4.78, 5) is 0. The van der Waals surface area contributed by atoms with Crippen molar-refractivity contribution in [2.75, 3.05) is 6.54 Å². The predicted molar refractivity (Wildman–Crippen MR) is 140 cm³/mol. The molecule has 3 nitrogen and oxygen atoms in total. The molecule has 0 aromatic heterocycles. The fraction of sp³-hybridized carbons (Fsp3) is 0.226. The van der Waals surface area contributed by atoms with Gasteiger partial charge in [-0.15, -0.1) is 26.3 Å². The smallest absolute Gasteiger partial charge is 0.406 e. The number of hydrogen-bond acceptors (Lipinski definition) is 3. The highest BCUT2D eigenvalue weighted by molar-refractivity contribution is 5.47. The van der Waals surface area contributed by atoms with Gasteiger partial charge >= 0.3 is 18.9 Å². The maximum Gasteiger partial charge on any atom is 0.573 e. The predicted octanol–water partition coefficient (Wildman–Crippen LogP) is 8.82. The first-order valence-corrected chi connectivity index (χ1v) is 12.8. The number of halogens is 9. The zero-order valence-electron chi connectivity index (χ0n) is 22.2. The number of nitrogens with one attached hydrogen (secondary N) is 1. The van der Waals surface area contributed by atoms with E-state index in [1.165, 1.54) is 42.5 Å². The van der Waals surface area contributed by atoms with Crippen molar-refractivity contribution in [3.63, 3.8) is 0 Å². The van der Waals surface area contributed by atoms with Gasteiger partial charge in [-0.25, -0.2) is 0 Å². The van der Waals surface area contributed by atoms with Crippen LogP contribution >= 0.6 is 0 Å². The first-order valence-electron chi connectivity index (χ1n) is 12.8. The highest BCUT2D eigenvalue weighted by atomic mass is 19.4. The van der Waals surface area contributed by atoms with Crippen LogP contribution in [0.2, 0.25) is 0 Å². The largest absolute Gasteiger partial charge is 0.573 e. The Morgan fingerprint density at radius 3 is 1.58 bits per heavy atom. The highest BCUT2D eigenvalue weighted by Crippen LogP contribution is 2.40. The van der Waals surface area contributed by atoms with Gasteiger partial charge in [0, 0.05) is 18.5 Å². The summed E-state index contributed by atoms with van der Waals surface area (Å²) in [6.45, 7) is -0.497. The van der Waals surface area contributed by atoms with E-state index in [2.05, 4.69) is 14.8 Å². The van der Waals surface area contributed by atoms with E-state index in [9.17, 15) is 39.5 Å². The molecule has 0 aliphatic heterocycles. The van der Waals surface area contributed by atoms with Crippen LogP contribution in [0, 0.1) is 0 Å². The number of alkyl halides is 9. The summed E-state index contributed by atoms with van der Waals surface area (Å²) in [5, 5.41) is 2.98. The molecule has 4 rings (SSSR count). The number of hydrogen-bond donors (Lipinski definition) is 1. The van der Waals surface area contributed by atoms with Crippen molar-refractivity contribution < 1.29 is 49.0 Å². The van der Waals surface area contributed by atoms with Crippen LogP contribution in [-0.2, 0) is 24.6 Å². The van der Waals surface area contributed by atoms with Crippen molar-refractivity contribution in [2.24, 2.45) is 0 Å². The zero-order chi connectivity index (χ0) is 31.3. The highest BCUT2D eigenvalue weighted by Gasteiger charge is 2.38. The summed E-state index contributed by atoms with van der Waals surface area (Å²) < 4.78 is 128. The van der Waals surface area contributed by atoms with Crippen LogP contribution in [0.15, 0.2) is 103 Å². The molecule has 4 aromatic rings. The Hall–Kier alpha value is -4.19. The SMILES string of the molecule is FC(F)(F)Oc1cccc(C(CNCc2ccccc2C(F)(F)F)(Cc2ccccc2)c2cccc(OC(F)(F)F)c2)c1. The summed E-state index contributed by atoms with van der Waals surface area (Å²) in [6, 6.07) is 23.4. The van der Waals surface area contributed by atoms with Gasteiger partial charge in [-0.1, -0.05) is 72.8 Å². The van der Waals surface area contributed by atoms with E-state index in [-0.39, 0.29) is 36.2 Å². The number of ether oxygens (including phenoxy) is 2. The molecule has 4 aromatic carbocycles. The topological polar surface area (TPSA) is 30.5 Å². The average Bonchev–Trinajstić information content (AvgIpc) is 2.91. The molecule has 12 heteroatoms. The minimum Gasteiger partial charge on any atom is -0.406 e. The maximum atomic E-state index is 13.6. The van der Waals surface area contributed by atoms with Crippen LogP contribution in [0.4, 0.5) is 39.5 Å². The zero-order valence-corrected chi connectivity index (χ0v) is 22.2. The molecule has 0 saturated carbocycles. The molecule has 0 spiro atoms. The van der Waals surface area contributed by atoms with Gasteiger partial charge < -0.3 is 14.8 Å². The molecule has 43 heavy (non-hydrogen) atoms. The summed E-state index contributed by atoms with van der Waals surface area (Å²) in [7, 11) is 0. The summed E-state index contributed by atoms with van der Waals surface area (Å²) >= 11 is 0. The Labute approximate surface area is 240 Å². The minimum absolute atomic E-state index is 0.0344. The van der Waals surface area contributed by atoms with E-state index in [1.54, 1.807) is 30.3 Å². The molecule has 0 fully saturated rings. The van der Waals surface area contributed by atoms with Crippen LogP contribution in [0.1, 0.15) is 27.8 Å². The molecular weight excluding hydrogens is 589 g/mol. The lowest BCUT2D eigenvalue weighted by Gasteiger charge is -2.36. The van der Waals surface area contributed by atoms with Crippen molar-refractivity contribution in [3.05, 3.63) is 131 Å². The second kappa shape index (κ2) is 12.6. The lowest BCUT2D eigenvalue weighted by molar-refractivity contribution is -0.275. The quantitative estimate of drug-likeness (QED) is 0.181. The number of benzene rings is 4. The van der Waals surface area contributed by atoms with Crippen LogP contribution in [0.5, 0.6) is 11.5 Å². The molecule has 228 valence electrons. The Morgan fingerprint density at radius 1 is 0.558 bits per heavy atom. The summed E-state index contributed by atoms with van der Waals surface area (Å²) in [6.07, 6.45) is -14.7. The van der Waals surface area contributed by atoms with Crippen molar-refractivity contribution >= 4 is 0 Å². The van der Waals surface area contributed by atoms with Crippen LogP contribution in [0.25, 0.3) is 0 Å². The average molecular weight is 614 g/mol. The van der Waals surface area contributed by atoms with Crippen molar-refractivity contribution in [1.82, 2.24) is 5.32 Å². The second-order valence-electron chi connectivity index (χ2n) is 9.65. The Bertz CT molecular complexity index is 1440. The van der Waals surface area contributed by atoms with E-state index >= 15 is 0 Å². The van der Waals surface area contributed by atoms with E-state index in [1.807, 2.05) is 0 Å². The van der Waals surface area contributed by atoms with Gasteiger partial charge in [0.1, 0.15) is 11.5 Å². The van der Waals surface area contributed by atoms with Crippen LogP contribution < -0.4 is 14.8 Å². The molecule has 0 amide bonds. The van der Waals surface area contributed by atoms with Gasteiger partial charge in [0.15, 0.2) is 0 Å². The van der Waals surface area contributed by atoms with E-state index in [4.69, 9.17) is 0 Å². The van der Waals surface area contributed by atoms with E-state index in [0.717, 1.165) is 30.3 Å².